The molecule has 16 heavy (non-hydrogen) atoms. The van der Waals surface area contributed by atoms with E-state index in [-0.39, 0.29) is 6.61 Å². The molecule has 0 aromatic carbocycles. The van der Waals surface area contributed by atoms with Crippen LogP contribution in [0.4, 0.5) is 0 Å². The van der Waals surface area contributed by atoms with Crippen molar-refractivity contribution in [3.63, 3.8) is 0 Å². The Morgan fingerprint density at radius 1 is 1.56 bits per heavy atom. The highest BCUT2D eigenvalue weighted by molar-refractivity contribution is 7.91. The van der Waals surface area contributed by atoms with Crippen molar-refractivity contribution in [1.29, 1.82) is 0 Å². The van der Waals surface area contributed by atoms with E-state index < -0.39 is 32.8 Å². The third kappa shape index (κ3) is 1.73. The summed E-state index contributed by atoms with van der Waals surface area (Å²) >= 11 is 0. The molecule has 2 fully saturated rings. The normalized spacial score (nSPS) is 37.6. The summed E-state index contributed by atoms with van der Waals surface area (Å²) < 4.78 is 33.4. The molecule has 0 amide bonds. The predicted octanol–water partition coefficient (Wildman–Crippen LogP) is 0.284. The second-order valence-electron chi connectivity index (χ2n) is 4.42. The minimum absolute atomic E-state index is 0.290. The summed E-state index contributed by atoms with van der Waals surface area (Å²) in [7, 11) is -3.16. The highest BCUT2D eigenvalue weighted by Crippen LogP contribution is 2.52. The van der Waals surface area contributed by atoms with Gasteiger partial charge in [0.15, 0.2) is 15.9 Å². The highest BCUT2D eigenvalue weighted by atomic mass is 32.2. The van der Waals surface area contributed by atoms with Gasteiger partial charge in [0, 0.05) is 6.26 Å². The minimum Gasteiger partial charge on any atom is -0.464 e. The number of ether oxygens (including phenoxy) is 2. The Labute approximate surface area is 95.0 Å². The fraction of sp³-hybridized carbons (Fsp3) is 0.900. The molecule has 1 aliphatic heterocycles. The van der Waals surface area contributed by atoms with Crippen LogP contribution in [0.5, 0.6) is 0 Å². The molecular formula is C10H16O5S. The molecule has 3 atom stereocenters. The zero-order valence-corrected chi connectivity index (χ0v) is 10.2. The minimum atomic E-state index is -3.16. The SMILES string of the molecule is CCOC(=O)C1OC12CCCC2S(C)(=O)=O. The number of epoxide rings is 1. The Bertz CT molecular complexity index is 401. The molecule has 2 aliphatic rings. The lowest BCUT2D eigenvalue weighted by molar-refractivity contribution is -0.144. The van der Waals surface area contributed by atoms with Gasteiger partial charge in [-0.25, -0.2) is 13.2 Å². The van der Waals surface area contributed by atoms with Crippen LogP contribution >= 0.6 is 0 Å². The number of sulfone groups is 1. The van der Waals surface area contributed by atoms with Crippen LogP contribution in [-0.2, 0) is 24.1 Å². The van der Waals surface area contributed by atoms with Gasteiger partial charge in [-0.3, -0.25) is 0 Å². The van der Waals surface area contributed by atoms with Crippen LogP contribution in [0.2, 0.25) is 0 Å². The van der Waals surface area contributed by atoms with Crippen molar-refractivity contribution in [1.82, 2.24) is 0 Å². The van der Waals surface area contributed by atoms with Gasteiger partial charge in [0.25, 0.3) is 0 Å². The zero-order chi connectivity index (χ0) is 12.0. The first-order chi connectivity index (χ1) is 7.42. The van der Waals surface area contributed by atoms with Crippen LogP contribution in [0, 0.1) is 0 Å². The number of esters is 1. The van der Waals surface area contributed by atoms with E-state index in [1.54, 1.807) is 6.92 Å². The van der Waals surface area contributed by atoms with Crippen molar-refractivity contribution in [2.75, 3.05) is 12.9 Å². The second-order valence-corrected chi connectivity index (χ2v) is 6.64. The number of rotatable bonds is 3. The summed E-state index contributed by atoms with van der Waals surface area (Å²) in [4.78, 5) is 11.5. The van der Waals surface area contributed by atoms with Gasteiger partial charge in [0.2, 0.25) is 0 Å². The maximum atomic E-state index is 11.6. The third-order valence-electron chi connectivity index (χ3n) is 3.32. The maximum absolute atomic E-state index is 11.6. The smallest absolute Gasteiger partial charge is 0.338 e. The van der Waals surface area contributed by atoms with Crippen molar-refractivity contribution in [2.24, 2.45) is 0 Å². The first-order valence-corrected chi connectivity index (χ1v) is 7.40. The predicted molar refractivity (Wildman–Crippen MR) is 56.7 cm³/mol. The Morgan fingerprint density at radius 2 is 2.25 bits per heavy atom. The van der Waals surface area contributed by atoms with Gasteiger partial charge in [-0.05, 0) is 26.2 Å². The molecule has 3 unspecified atom stereocenters. The molecule has 5 nitrogen and oxygen atoms in total. The molecule has 2 rings (SSSR count). The van der Waals surface area contributed by atoms with Crippen LogP contribution in [-0.4, -0.2) is 44.2 Å². The Hall–Kier alpha value is -0.620. The molecule has 0 radical (unpaired) electrons. The van der Waals surface area contributed by atoms with Crippen molar-refractivity contribution >= 4 is 15.8 Å². The number of hydrogen-bond acceptors (Lipinski definition) is 5. The molecule has 1 spiro atoms. The first kappa shape index (κ1) is 11.9. The lowest BCUT2D eigenvalue weighted by atomic mass is 10.0. The molecule has 6 heteroatoms. The van der Waals surface area contributed by atoms with E-state index in [1.165, 1.54) is 6.26 Å². The molecule has 1 saturated heterocycles. The van der Waals surface area contributed by atoms with Gasteiger partial charge < -0.3 is 9.47 Å². The third-order valence-corrected chi connectivity index (χ3v) is 4.99. The average molecular weight is 248 g/mol. The van der Waals surface area contributed by atoms with Crippen LogP contribution in [0.3, 0.4) is 0 Å². The summed E-state index contributed by atoms with van der Waals surface area (Å²) in [5, 5.41) is -0.547. The summed E-state index contributed by atoms with van der Waals surface area (Å²) in [5.74, 6) is -0.432. The lowest BCUT2D eigenvalue weighted by Crippen LogP contribution is -2.35. The lowest BCUT2D eigenvalue weighted by Gasteiger charge is -2.13. The monoisotopic (exact) mass is 248 g/mol. The second kappa shape index (κ2) is 3.70. The summed E-state index contributed by atoms with van der Waals surface area (Å²) in [6, 6.07) is 0. The Morgan fingerprint density at radius 3 is 2.81 bits per heavy atom. The molecule has 1 heterocycles. The summed E-state index contributed by atoms with van der Waals surface area (Å²) in [6.45, 7) is 2.01. The fourth-order valence-electron chi connectivity index (χ4n) is 2.63. The van der Waals surface area contributed by atoms with Gasteiger partial charge in [-0.2, -0.15) is 0 Å². The van der Waals surface area contributed by atoms with Crippen molar-refractivity contribution in [3.8, 4) is 0 Å². The summed E-state index contributed by atoms with van der Waals surface area (Å²) in [5.41, 5.74) is -0.778. The van der Waals surface area contributed by atoms with E-state index in [4.69, 9.17) is 9.47 Å². The summed E-state index contributed by atoms with van der Waals surface area (Å²) in [6.07, 6.45) is 2.53. The van der Waals surface area contributed by atoms with Gasteiger partial charge >= 0.3 is 5.97 Å². The Balaban J connectivity index is 2.14. The fourth-order valence-corrected chi connectivity index (χ4v) is 4.25. The van der Waals surface area contributed by atoms with Crippen molar-refractivity contribution in [3.05, 3.63) is 0 Å². The standard InChI is InChI=1S/C10H16O5S/c1-3-14-9(11)8-10(15-8)6-4-5-7(10)16(2,12)13/h7-8H,3-6H2,1-2H3. The number of carbonyl (C=O) groups is 1. The van der Waals surface area contributed by atoms with Gasteiger partial charge in [0.1, 0.15) is 5.60 Å². The molecule has 92 valence electrons. The highest BCUT2D eigenvalue weighted by Gasteiger charge is 2.69. The topological polar surface area (TPSA) is 73.0 Å². The average Bonchev–Trinajstić information content (AvgIpc) is 2.66. The maximum Gasteiger partial charge on any atom is 0.338 e. The van der Waals surface area contributed by atoms with Crippen LogP contribution in [0.1, 0.15) is 26.2 Å². The van der Waals surface area contributed by atoms with Crippen LogP contribution in [0.15, 0.2) is 0 Å². The molecule has 1 saturated carbocycles. The van der Waals surface area contributed by atoms with E-state index in [9.17, 15) is 13.2 Å². The van der Waals surface area contributed by atoms with Crippen molar-refractivity contribution < 1.29 is 22.7 Å². The largest absolute Gasteiger partial charge is 0.464 e. The molecule has 1 aliphatic carbocycles. The van der Waals surface area contributed by atoms with Gasteiger partial charge in [-0.1, -0.05) is 0 Å². The van der Waals surface area contributed by atoms with E-state index in [1.807, 2.05) is 0 Å². The van der Waals surface area contributed by atoms with Crippen LogP contribution < -0.4 is 0 Å². The molecule has 0 N–H and O–H groups in total. The van der Waals surface area contributed by atoms with E-state index in [0.29, 0.717) is 12.8 Å². The number of hydrogen-bond donors (Lipinski definition) is 0. The Kier molecular flexibility index (Phi) is 2.74. The van der Waals surface area contributed by atoms with E-state index >= 15 is 0 Å². The molecule has 0 aromatic rings. The molecule has 0 bridgehead atoms. The van der Waals surface area contributed by atoms with Crippen LogP contribution in [0.25, 0.3) is 0 Å². The molecular weight excluding hydrogens is 232 g/mol. The first-order valence-electron chi connectivity index (χ1n) is 5.45. The van der Waals surface area contributed by atoms with E-state index in [2.05, 4.69) is 0 Å². The van der Waals surface area contributed by atoms with Crippen molar-refractivity contribution in [2.45, 2.75) is 43.1 Å². The number of carbonyl (C=O) groups excluding carboxylic acids is 1. The van der Waals surface area contributed by atoms with E-state index in [0.717, 1.165) is 6.42 Å². The van der Waals surface area contributed by atoms with Gasteiger partial charge in [0.05, 0.1) is 11.9 Å². The van der Waals surface area contributed by atoms with Gasteiger partial charge in [-0.15, -0.1) is 0 Å². The quantitative estimate of drug-likeness (QED) is 0.530. The zero-order valence-electron chi connectivity index (χ0n) is 9.43. The molecule has 0 aromatic heterocycles.